The third-order valence-corrected chi connectivity index (χ3v) is 4.92. The molecule has 0 bridgehead atoms. The summed E-state index contributed by atoms with van der Waals surface area (Å²) in [6, 6.07) is 0. The van der Waals surface area contributed by atoms with Gasteiger partial charge in [0, 0.05) is 13.1 Å². The van der Waals surface area contributed by atoms with Crippen molar-refractivity contribution in [3.63, 3.8) is 0 Å². The van der Waals surface area contributed by atoms with Crippen molar-refractivity contribution >= 4 is 21.7 Å². The molecule has 1 aliphatic heterocycles. The first-order valence-corrected chi connectivity index (χ1v) is 8.24. The first-order valence-electron chi connectivity index (χ1n) is 6.42. The molecule has 0 aromatic rings. The Hall–Kier alpha value is -1.11. The maximum Gasteiger partial charge on any atom is 0.308 e. The zero-order valence-corrected chi connectivity index (χ0v) is 12.1. The zero-order chi connectivity index (χ0) is 14.6. The molecule has 1 heterocycles. The smallest absolute Gasteiger partial charge is 0.308 e. The van der Waals surface area contributed by atoms with Crippen molar-refractivity contribution in [2.45, 2.75) is 26.7 Å². The molecule has 7 heteroatoms. The molecule has 110 valence electrons. The lowest BCUT2D eigenvalue weighted by Gasteiger charge is -2.30. The SMILES string of the molecule is CC(C)CS(=O)(=O)CC(=O)N1CCC[C@@H](C(=O)O)C1. The molecule has 1 saturated heterocycles. The number of likely N-dealkylation sites (tertiary alicyclic amines) is 1. The Balaban J connectivity index is 2.61. The Kier molecular flexibility index (Phi) is 5.34. The number of aliphatic carboxylic acids is 1. The minimum absolute atomic E-state index is 0.0189. The highest BCUT2D eigenvalue weighted by molar-refractivity contribution is 7.92. The van der Waals surface area contributed by atoms with Crippen molar-refractivity contribution in [2.75, 3.05) is 24.6 Å². The summed E-state index contributed by atoms with van der Waals surface area (Å²) < 4.78 is 23.5. The fourth-order valence-electron chi connectivity index (χ4n) is 2.25. The van der Waals surface area contributed by atoms with E-state index >= 15 is 0 Å². The Morgan fingerprint density at radius 3 is 2.53 bits per heavy atom. The van der Waals surface area contributed by atoms with Crippen LogP contribution in [0.1, 0.15) is 26.7 Å². The number of nitrogens with zero attached hydrogens (tertiary/aromatic N) is 1. The van der Waals surface area contributed by atoms with E-state index in [2.05, 4.69) is 0 Å². The molecule has 1 amide bonds. The topological polar surface area (TPSA) is 91.8 Å². The summed E-state index contributed by atoms with van der Waals surface area (Å²) in [6.07, 6.45) is 1.14. The number of hydrogen-bond acceptors (Lipinski definition) is 4. The number of piperidine rings is 1. The van der Waals surface area contributed by atoms with Crippen LogP contribution in [-0.4, -0.2) is 54.9 Å². The van der Waals surface area contributed by atoms with E-state index in [0.717, 1.165) is 0 Å². The van der Waals surface area contributed by atoms with Crippen LogP contribution < -0.4 is 0 Å². The van der Waals surface area contributed by atoms with Crippen molar-refractivity contribution in [2.24, 2.45) is 11.8 Å². The molecule has 0 spiro atoms. The van der Waals surface area contributed by atoms with Crippen LogP contribution in [0.5, 0.6) is 0 Å². The van der Waals surface area contributed by atoms with Crippen molar-refractivity contribution in [3.05, 3.63) is 0 Å². The summed E-state index contributed by atoms with van der Waals surface area (Å²) in [5.74, 6) is -2.54. The third kappa shape index (κ3) is 5.18. The van der Waals surface area contributed by atoms with E-state index < -0.39 is 33.4 Å². The second-order valence-electron chi connectivity index (χ2n) is 5.47. The van der Waals surface area contributed by atoms with Gasteiger partial charge in [-0.25, -0.2) is 8.42 Å². The van der Waals surface area contributed by atoms with Gasteiger partial charge in [-0.1, -0.05) is 13.8 Å². The number of carboxylic acid groups (broad SMARTS) is 1. The number of carboxylic acids is 1. The number of carbonyl (C=O) groups is 2. The van der Waals surface area contributed by atoms with Crippen LogP contribution in [0.25, 0.3) is 0 Å². The molecular weight excluding hydrogens is 270 g/mol. The Labute approximate surface area is 113 Å². The standard InChI is InChI=1S/C12H21NO5S/c1-9(2)7-19(17,18)8-11(14)13-5-3-4-10(6-13)12(15)16/h9-10H,3-8H2,1-2H3,(H,15,16)/t10-/m1/s1. The summed E-state index contributed by atoms with van der Waals surface area (Å²) in [5.41, 5.74) is 0. The molecule has 1 fully saturated rings. The van der Waals surface area contributed by atoms with Crippen molar-refractivity contribution in [1.29, 1.82) is 0 Å². The molecule has 0 unspecified atom stereocenters. The van der Waals surface area contributed by atoms with Crippen LogP contribution in [0.4, 0.5) is 0 Å². The van der Waals surface area contributed by atoms with E-state index in [1.165, 1.54) is 4.90 Å². The molecule has 1 rings (SSSR count). The maximum atomic E-state index is 11.9. The molecule has 0 aliphatic carbocycles. The number of sulfone groups is 1. The summed E-state index contributed by atoms with van der Waals surface area (Å²) in [6.45, 7) is 4.12. The highest BCUT2D eigenvalue weighted by Crippen LogP contribution is 2.17. The van der Waals surface area contributed by atoms with Gasteiger partial charge in [0.15, 0.2) is 9.84 Å². The van der Waals surface area contributed by atoms with Crippen LogP contribution in [0, 0.1) is 11.8 Å². The van der Waals surface area contributed by atoms with E-state index in [1.54, 1.807) is 13.8 Å². The van der Waals surface area contributed by atoms with Crippen LogP contribution in [-0.2, 0) is 19.4 Å². The van der Waals surface area contributed by atoms with Crippen molar-refractivity contribution < 1.29 is 23.1 Å². The van der Waals surface area contributed by atoms with Crippen LogP contribution in [0.2, 0.25) is 0 Å². The normalized spacial score (nSPS) is 20.6. The van der Waals surface area contributed by atoms with E-state index in [0.29, 0.717) is 19.4 Å². The molecule has 0 saturated carbocycles. The van der Waals surface area contributed by atoms with Gasteiger partial charge in [0.2, 0.25) is 5.91 Å². The summed E-state index contributed by atoms with van der Waals surface area (Å²) >= 11 is 0. The molecule has 1 N–H and O–H groups in total. The van der Waals surface area contributed by atoms with Crippen LogP contribution in [0.15, 0.2) is 0 Å². The minimum atomic E-state index is -3.41. The number of carbonyl (C=O) groups excluding carboxylic acids is 1. The average molecular weight is 291 g/mol. The molecule has 1 aliphatic rings. The summed E-state index contributed by atoms with van der Waals surface area (Å²) in [7, 11) is -3.41. The van der Waals surface area contributed by atoms with Crippen LogP contribution >= 0.6 is 0 Å². The molecule has 0 radical (unpaired) electrons. The highest BCUT2D eigenvalue weighted by atomic mass is 32.2. The van der Waals surface area contributed by atoms with Crippen LogP contribution in [0.3, 0.4) is 0 Å². The van der Waals surface area contributed by atoms with E-state index in [1.807, 2.05) is 0 Å². The van der Waals surface area contributed by atoms with E-state index in [-0.39, 0.29) is 18.2 Å². The molecule has 1 atom stereocenters. The third-order valence-electron chi connectivity index (χ3n) is 3.05. The van der Waals surface area contributed by atoms with Gasteiger partial charge < -0.3 is 10.0 Å². The Bertz CT molecular complexity index is 443. The zero-order valence-electron chi connectivity index (χ0n) is 11.3. The number of hydrogen-bond donors (Lipinski definition) is 1. The lowest BCUT2D eigenvalue weighted by atomic mass is 9.98. The van der Waals surface area contributed by atoms with E-state index in [4.69, 9.17) is 5.11 Å². The molecule has 0 aromatic heterocycles. The van der Waals surface area contributed by atoms with Gasteiger partial charge in [0.05, 0.1) is 11.7 Å². The second kappa shape index (κ2) is 6.36. The van der Waals surface area contributed by atoms with Gasteiger partial charge in [0.1, 0.15) is 5.75 Å². The fraction of sp³-hybridized carbons (Fsp3) is 0.833. The predicted octanol–water partition coefficient (Wildman–Crippen LogP) is 0.380. The Morgan fingerprint density at radius 2 is 2.00 bits per heavy atom. The maximum absolute atomic E-state index is 11.9. The monoisotopic (exact) mass is 291 g/mol. The van der Waals surface area contributed by atoms with Gasteiger partial charge in [-0.15, -0.1) is 0 Å². The number of amides is 1. The molecule has 19 heavy (non-hydrogen) atoms. The van der Waals surface area contributed by atoms with Gasteiger partial charge in [-0.05, 0) is 18.8 Å². The largest absolute Gasteiger partial charge is 0.481 e. The fourth-order valence-corrected chi connectivity index (χ4v) is 3.94. The summed E-state index contributed by atoms with van der Waals surface area (Å²) in [4.78, 5) is 24.2. The Morgan fingerprint density at radius 1 is 1.37 bits per heavy atom. The first-order chi connectivity index (χ1) is 8.71. The molecule has 0 aromatic carbocycles. The average Bonchev–Trinajstić information content (AvgIpc) is 2.26. The molecular formula is C12H21NO5S. The van der Waals surface area contributed by atoms with E-state index in [9.17, 15) is 18.0 Å². The van der Waals surface area contributed by atoms with Gasteiger partial charge in [-0.2, -0.15) is 0 Å². The number of rotatable bonds is 5. The quantitative estimate of drug-likeness (QED) is 0.790. The van der Waals surface area contributed by atoms with Crippen molar-refractivity contribution in [3.8, 4) is 0 Å². The highest BCUT2D eigenvalue weighted by Gasteiger charge is 2.30. The molecule has 6 nitrogen and oxygen atoms in total. The second-order valence-corrected chi connectivity index (χ2v) is 7.57. The summed E-state index contributed by atoms with van der Waals surface area (Å²) in [5, 5.41) is 8.93. The minimum Gasteiger partial charge on any atom is -0.481 e. The van der Waals surface area contributed by atoms with Crippen molar-refractivity contribution in [1.82, 2.24) is 4.90 Å². The predicted molar refractivity (Wildman–Crippen MR) is 70.4 cm³/mol. The first kappa shape index (κ1) is 15.9. The lowest BCUT2D eigenvalue weighted by Crippen LogP contribution is -2.44. The van der Waals surface area contributed by atoms with Gasteiger partial charge in [0.25, 0.3) is 0 Å². The van der Waals surface area contributed by atoms with Gasteiger partial charge >= 0.3 is 5.97 Å². The lowest BCUT2D eigenvalue weighted by molar-refractivity contribution is -0.145. The van der Waals surface area contributed by atoms with Gasteiger partial charge in [-0.3, -0.25) is 9.59 Å².